The molecule has 18 rings (SSSR count). The lowest BCUT2D eigenvalue weighted by atomic mass is 9.99. The highest BCUT2D eigenvalue weighted by Gasteiger charge is 2.42. The molecule has 6 aromatic carbocycles. The van der Waals surface area contributed by atoms with Crippen LogP contribution in [0.5, 0.6) is 0 Å². The molecule has 1 unspecified atom stereocenters. The molecule has 0 bridgehead atoms. The molecule has 1 atom stereocenters. The third kappa shape index (κ3) is 24.5. The molecule has 6 aliphatic heterocycles. The Balaban J connectivity index is 0.000000145. The number of rotatable bonds is 41. The first-order valence-electron chi connectivity index (χ1n) is 41.7. The van der Waals surface area contributed by atoms with Gasteiger partial charge in [0.25, 0.3) is 0 Å². The highest BCUT2D eigenvalue weighted by atomic mass is 32.2. The van der Waals surface area contributed by atoms with Crippen molar-refractivity contribution in [3.05, 3.63) is 315 Å². The molecule has 682 valence electrons. The van der Waals surface area contributed by atoms with Crippen molar-refractivity contribution < 1.29 is 66.5 Å². The van der Waals surface area contributed by atoms with Gasteiger partial charge in [-0.15, -0.1) is 199 Å². The third-order valence-corrected chi connectivity index (χ3v) is 45.9. The summed E-state index contributed by atoms with van der Waals surface area (Å²) in [5, 5.41) is 13.4. The summed E-state index contributed by atoms with van der Waals surface area (Å²) in [5.74, 6) is -1.88. The van der Waals surface area contributed by atoms with Crippen LogP contribution in [0.1, 0.15) is 117 Å². The zero-order valence-electron chi connectivity index (χ0n) is 71.8. The van der Waals surface area contributed by atoms with Gasteiger partial charge in [-0.3, -0.25) is 0 Å². The number of hydrogen-bond acceptors (Lipinski definition) is 31. The molecular formula is C100H91O14S18+. The summed E-state index contributed by atoms with van der Waals surface area (Å²) in [6.45, 7) is 29.6. The van der Waals surface area contributed by atoms with E-state index in [0.29, 0.717) is 60.0 Å². The number of fused-ring (bicyclic) bond motifs is 6. The van der Waals surface area contributed by atoms with E-state index in [4.69, 9.17) is 47.4 Å². The molecule has 0 fully saturated rings. The number of thiol groups is 1. The Morgan fingerprint density at radius 3 is 0.864 bits per heavy atom. The first kappa shape index (κ1) is 98.8. The van der Waals surface area contributed by atoms with Crippen LogP contribution in [-0.2, 0) is 118 Å². The molecule has 0 spiro atoms. The minimum Gasteiger partial charge on any atom is -0.460 e. The SMILES string of the molecule is C=C(C)C(=O)OCCOCc1csc(C2Sc3ccccc3S2)c1-c1c(COCOC(=O)C(=C)C)csc1C1Sc2ccccc2S1.C=CC(=O)OCCOCc1csc(C2Sc3ccccc3S2)c1-c1c(COCOC(=O)C=C)csc1C1Sc2ccccc2[SH+]1.C=CCCOCc1csc(C2Sc3ccccc3S2)c1-c1c(COCCC=C)csc1C1Sc2ccccc2S1. The molecule has 12 aromatic rings. The van der Waals surface area contributed by atoms with Crippen LogP contribution >= 0.6 is 197 Å². The number of thioether (sulfide) groups is 11. The lowest BCUT2D eigenvalue weighted by Crippen LogP contribution is -2.11. The summed E-state index contributed by atoms with van der Waals surface area (Å²) >= 11 is 33.0. The maximum atomic E-state index is 12.0. The Bertz CT molecular complexity index is 5910. The zero-order chi connectivity index (χ0) is 91.4. The first-order valence-corrected chi connectivity index (χ1v) is 57.7. The van der Waals surface area contributed by atoms with Crippen molar-refractivity contribution in [2.75, 3.05) is 53.2 Å². The number of esters is 4. The Morgan fingerprint density at radius 2 is 0.561 bits per heavy atom. The van der Waals surface area contributed by atoms with Gasteiger partial charge in [-0.25, -0.2) is 19.2 Å². The summed E-state index contributed by atoms with van der Waals surface area (Å²) in [4.78, 5) is 70.7. The van der Waals surface area contributed by atoms with Crippen LogP contribution in [0.15, 0.2) is 312 Å². The normalized spacial score (nSPS) is 14.8. The minimum absolute atomic E-state index is 0.154. The lowest BCUT2D eigenvalue weighted by Gasteiger charge is -2.17. The van der Waals surface area contributed by atoms with Crippen LogP contribution in [0.3, 0.4) is 0 Å². The Hall–Kier alpha value is -6.20. The van der Waals surface area contributed by atoms with Gasteiger partial charge in [-0.1, -0.05) is 123 Å². The van der Waals surface area contributed by atoms with E-state index < -0.39 is 23.9 Å². The predicted octanol–water partition coefficient (Wildman–Crippen LogP) is 30.8. The van der Waals surface area contributed by atoms with Crippen molar-refractivity contribution in [2.45, 2.75) is 153 Å². The molecule has 32 heteroatoms. The number of ether oxygens (including phenoxy) is 10. The molecule has 6 aliphatic rings. The smallest absolute Gasteiger partial charge is 0.335 e. The summed E-state index contributed by atoms with van der Waals surface area (Å²) in [5.41, 5.74) is 14.9. The molecule has 0 saturated heterocycles. The van der Waals surface area contributed by atoms with E-state index in [1.807, 2.05) is 164 Å². The predicted molar refractivity (Wildman–Crippen MR) is 561 cm³/mol. The number of hydrogen-bond donors (Lipinski definition) is 0. The van der Waals surface area contributed by atoms with Crippen molar-refractivity contribution in [2.24, 2.45) is 0 Å². The van der Waals surface area contributed by atoms with Crippen molar-refractivity contribution in [3.63, 3.8) is 0 Å². The van der Waals surface area contributed by atoms with Gasteiger partial charge in [-0.05, 0) is 165 Å². The molecule has 0 saturated carbocycles. The summed E-state index contributed by atoms with van der Waals surface area (Å²) in [7, 11) is 0. The Morgan fingerprint density at radius 1 is 0.303 bits per heavy atom. The van der Waals surface area contributed by atoms with E-state index in [1.165, 1.54) is 128 Å². The van der Waals surface area contributed by atoms with Gasteiger partial charge in [0, 0.05) is 142 Å². The lowest BCUT2D eigenvalue weighted by molar-refractivity contribution is -0.152. The van der Waals surface area contributed by atoms with Gasteiger partial charge in [0.2, 0.25) is 4.58 Å². The number of thiophene rings is 6. The van der Waals surface area contributed by atoms with Crippen LogP contribution in [0.4, 0.5) is 0 Å². The largest absolute Gasteiger partial charge is 0.460 e. The fourth-order valence-electron chi connectivity index (χ4n) is 14.3. The standard InChI is InChI=1S/C35H32O6S6.C33H28O6S6.C32H30O2S6/c1-20(2)32(36)40-14-13-38-15-22-17-42-30(34-44-24-9-5-6-10-25(24)45-34)28(22)29-23(16-39-19-41-33(37)21(3)4)18-43-31(29)35-46-26-11-7-8-12-27(26)47-35;1-3-26(34)38-14-13-36-15-20-17-40-30(32-42-22-9-5-6-10-23(22)43-32)28(20)29-21(16-37-19-39-27(35)4-2)18-41-31(29)33-44-24-11-7-8-12-25(24)45-33;1-3-5-15-33-17-21-19-35-29(31-37-23-11-7-8-12-24(23)38-31)27(21)28-22(18-34-16-6-4-2)20-36-30(28)32-39-25-13-9-10-14-26(25)40-32/h5-12,17-18,34-35H,1,3,13-16,19H2,2,4H3;3-12,17-18,32-33H,1-2,13-16,19H2;3-4,7-14,19-20,31-32H,1-2,5-6,15-18H2/p+1. The fourth-order valence-corrected chi connectivity index (χ4v) is 39.9. The van der Waals surface area contributed by atoms with Crippen LogP contribution in [-0.4, -0.2) is 77.1 Å². The van der Waals surface area contributed by atoms with Gasteiger partial charge < -0.3 is 47.4 Å². The molecule has 0 radical (unpaired) electrons. The quantitative estimate of drug-likeness (QED) is 0.00520. The maximum Gasteiger partial charge on any atom is 0.335 e. The Labute approximate surface area is 845 Å². The second-order valence-corrected chi connectivity index (χ2v) is 50.8. The van der Waals surface area contributed by atoms with Gasteiger partial charge in [0.15, 0.2) is 18.5 Å². The van der Waals surface area contributed by atoms with Crippen molar-refractivity contribution in [1.82, 2.24) is 0 Å². The number of benzene rings is 6. The molecule has 6 aromatic heterocycles. The topological polar surface area (TPSA) is 161 Å². The van der Waals surface area contributed by atoms with E-state index in [0.717, 1.165) is 63.9 Å². The molecule has 12 heterocycles. The van der Waals surface area contributed by atoms with Crippen LogP contribution in [0, 0.1) is 0 Å². The van der Waals surface area contributed by atoms with E-state index >= 15 is 0 Å². The monoisotopic (exact) mass is 2090 g/mol. The van der Waals surface area contributed by atoms with Gasteiger partial charge >= 0.3 is 23.9 Å². The van der Waals surface area contributed by atoms with Crippen molar-refractivity contribution in [3.8, 4) is 33.4 Å². The number of carbonyl (C=O) groups is 4. The van der Waals surface area contributed by atoms with Crippen LogP contribution in [0.25, 0.3) is 33.4 Å². The van der Waals surface area contributed by atoms with Gasteiger partial charge in [0.1, 0.15) is 13.2 Å². The molecule has 0 N–H and O–H groups in total. The third-order valence-electron chi connectivity index (χ3n) is 20.4. The minimum atomic E-state index is -0.520. The van der Waals surface area contributed by atoms with E-state index in [1.54, 1.807) is 59.2 Å². The zero-order valence-corrected chi connectivity index (χ0v) is 86.5. The van der Waals surface area contributed by atoms with Crippen molar-refractivity contribution in [1.29, 1.82) is 0 Å². The summed E-state index contributed by atoms with van der Waals surface area (Å²) < 4.78 is 58.5. The van der Waals surface area contributed by atoms with Gasteiger partial charge in [-0.2, -0.15) is 0 Å². The van der Waals surface area contributed by atoms with Crippen molar-refractivity contribution >= 4 is 233 Å². The van der Waals surface area contributed by atoms with E-state index in [9.17, 15) is 19.2 Å². The first-order chi connectivity index (χ1) is 64.6. The fraction of sp³-hybridized carbons (Fsp3) is 0.240. The average molecular weight is 2090 g/mol. The van der Waals surface area contributed by atoms with Crippen LogP contribution in [0.2, 0.25) is 0 Å². The average Bonchev–Trinajstić information content (AvgIpc) is 1.60. The number of carbonyl (C=O) groups excluding carboxylic acids is 4. The molecule has 132 heavy (non-hydrogen) atoms. The second kappa shape index (κ2) is 48.9. The highest BCUT2D eigenvalue weighted by Crippen LogP contribution is 2.68. The molecule has 14 nitrogen and oxygen atoms in total. The molecular weight excluding hydrogens is 2000 g/mol. The Kier molecular flexibility index (Phi) is 36.6. The second-order valence-electron chi connectivity index (χ2n) is 29.6. The molecule has 0 aliphatic carbocycles. The molecule has 0 amide bonds. The maximum absolute atomic E-state index is 12.0. The van der Waals surface area contributed by atoms with E-state index in [-0.39, 0.29) is 71.6 Å². The summed E-state index contributed by atoms with van der Waals surface area (Å²) in [6, 6.07) is 51.7. The highest BCUT2D eigenvalue weighted by molar-refractivity contribution is 8.21. The summed E-state index contributed by atoms with van der Waals surface area (Å²) in [6.07, 6.45) is 7.83. The van der Waals surface area contributed by atoms with Gasteiger partial charge in [0.05, 0.1) is 98.8 Å². The van der Waals surface area contributed by atoms with Crippen LogP contribution < -0.4 is 0 Å². The van der Waals surface area contributed by atoms with E-state index in [2.05, 4.69) is 217 Å².